The van der Waals surface area contributed by atoms with Crippen molar-refractivity contribution in [2.75, 3.05) is 0 Å². The lowest BCUT2D eigenvalue weighted by Gasteiger charge is -1.79. The normalized spacial score (nSPS) is 7.16. The highest BCUT2D eigenvalue weighted by Crippen LogP contribution is 1.82. The van der Waals surface area contributed by atoms with Gasteiger partial charge in [0.15, 0.2) is 0 Å². The van der Waals surface area contributed by atoms with E-state index in [9.17, 15) is 9.59 Å². The molecule has 0 spiro atoms. The second kappa shape index (κ2) is 21.2. The van der Waals surface area contributed by atoms with Crippen LogP contribution in [0.4, 0.5) is 0 Å². The van der Waals surface area contributed by atoms with Crippen LogP contribution in [0.15, 0.2) is 0 Å². The van der Waals surface area contributed by atoms with E-state index in [1.165, 1.54) is 0 Å². The fourth-order valence-electron chi connectivity index (χ4n) is 0.214. The van der Waals surface area contributed by atoms with Crippen LogP contribution in [0.3, 0.4) is 0 Å². The zero-order chi connectivity index (χ0) is 16.4. The first-order valence-electron chi connectivity index (χ1n) is 5.33. The van der Waals surface area contributed by atoms with E-state index in [1.807, 2.05) is 6.92 Å². The van der Waals surface area contributed by atoms with Crippen LogP contribution in [0.25, 0.3) is 0 Å². The Hall–Kier alpha value is -2.12. The Labute approximate surface area is 111 Å². The van der Waals surface area contributed by atoms with Crippen molar-refractivity contribution in [2.45, 2.75) is 47.0 Å². The average Bonchev–Trinajstić information content (AvgIpc) is 2.16. The van der Waals surface area contributed by atoms with Gasteiger partial charge in [-0.1, -0.05) is 13.8 Å². The predicted octanol–water partition coefficient (Wildman–Crippen LogP) is 1.53. The van der Waals surface area contributed by atoms with Crippen molar-refractivity contribution in [3.8, 4) is 0 Å². The molecule has 0 aromatic heterocycles. The molecule has 0 rings (SSSR count). The predicted molar refractivity (Wildman–Crippen MR) is 67.1 cm³/mol. The fraction of sp³-hybridized carbons (Fsp3) is 0.636. The summed E-state index contributed by atoms with van der Waals surface area (Å²) in [7, 11) is 0. The first-order chi connectivity index (χ1) is 8.50. The monoisotopic (exact) mass is 282 g/mol. The van der Waals surface area contributed by atoms with Gasteiger partial charge in [-0.25, -0.2) is 0 Å². The summed E-state index contributed by atoms with van der Waals surface area (Å²) in [6, 6.07) is 0. The van der Waals surface area contributed by atoms with Gasteiger partial charge >= 0.3 is 11.9 Å². The van der Waals surface area contributed by atoms with Crippen LogP contribution >= 0.6 is 0 Å². The molecule has 19 heavy (non-hydrogen) atoms. The van der Waals surface area contributed by atoms with E-state index in [2.05, 4.69) is 0 Å². The molecule has 0 saturated heterocycles. The Kier molecular flexibility index (Phi) is 28.6. The maximum absolute atomic E-state index is 9.60. The molecule has 0 aliphatic heterocycles. The lowest BCUT2D eigenvalue weighted by atomic mass is 10.4. The summed E-state index contributed by atoms with van der Waals surface area (Å²) in [5.41, 5.74) is 0. The molecule has 0 heterocycles. The highest BCUT2D eigenvalue weighted by atomic mass is 16.4. The molecule has 114 valence electrons. The Morgan fingerprint density at radius 2 is 0.947 bits per heavy atom. The van der Waals surface area contributed by atoms with Crippen LogP contribution < -0.4 is 0 Å². The Balaban J connectivity index is -0.0000000803. The van der Waals surface area contributed by atoms with Crippen molar-refractivity contribution in [3.63, 3.8) is 0 Å². The molecule has 0 saturated carbocycles. The van der Waals surface area contributed by atoms with Crippen molar-refractivity contribution in [1.29, 1.82) is 0 Å². The van der Waals surface area contributed by atoms with Gasteiger partial charge in [-0.15, -0.1) is 0 Å². The first-order valence-corrected chi connectivity index (χ1v) is 5.33. The molecule has 0 aliphatic rings. The molecule has 0 aliphatic carbocycles. The summed E-state index contributed by atoms with van der Waals surface area (Å²) < 4.78 is 0. The second-order valence-electron chi connectivity index (χ2n) is 2.93. The van der Waals surface area contributed by atoms with Gasteiger partial charge in [-0.3, -0.25) is 19.2 Å². The van der Waals surface area contributed by atoms with Crippen LogP contribution in [-0.2, 0) is 19.2 Å². The topological polar surface area (TPSA) is 149 Å². The Morgan fingerprint density at radius 1 is 0.737 bits per heavy atom. The largest absolute Gasteiger partial charge is 0.481 e. The standard InChI is InChI=1S/C4H8O2.C3H6O2.2C2H4O2/c1-2-3-4(5)6;1-2-3(4)5;2*1-2(3)4/h2-3H2,1H3,(H,5,6);2H2,1H3,(H,4,5);2*1H3,(H,3,4). The summed E-state index contributed by atoms with van der Waals surface area (Å²) in [5, 5.41) is 30.5. The lowest BCUT2D eigenvalue weighted by Crippen LogP contribution is -1.90. The second-order valence-corrected chi connectivity index (χ2v) is 2.93. The average molecular weight is 282 g/mol. The van der Waals surface area contributed by atoms with Gasteiger partial charge < -0.3 is 20.4 Å². The van der Waals surface area contributed by atoms with Crippen molar-refractivity contribution in [1.82, 2.24) is 0 Å². The summed E-state index contributed by atoms with van der Waals surface area (Å²) in [6.07, 6.45) is 1.25. The molecule has 0 radical (unpaired) electrons. The van der Waals surface area contributed by atoms with Crippen molar-refractivity contribution in [2.24, 2.45) is 0 Å². The van der Waals surface area contributed by atoms with Gasteiger partial charge in [0.1, 0.15) is 0 Å². The third-order valence-corrected chi connectivity index (χ3v) is 0.766. The van der Waals surface area contributed by atoms with E-state index in [1.54, 1.807) is 6.92 Å². The molecule has 0 aromatic rings. The van der Waals surface area contributed by atoms with Crippen LogP contribution in [0, 0.1) is 0 Å². The molecule has 8 nitrogen and oxygen atoms in total. The third kappa shape index (κ3) is 369. The van der Waals surface area contributed by atoms with Crippen molar-refractivity contribution < 1.29 is 39.6 Å². The summed E-state index contributed by atoms with van der Waals surface area (Å²) in [6.45, 7) is 5.61. The zero-order valence-corrected chi connectivity index (χ0v) is 11.5. The number of carbonyl (C=O) groups is 4. The minimum absolute atomic E-state index is 0.222. The highest BCUT2D eigenvalue weighted by molar-refractivity contribution is 5.66. The van der Waals surface area contributed by atoms with E-state index < -0.39 is 23.9 Å². The molecule has 0 aromatic carbocycles. The van der Waals surface area contributed by atoms with Crippen LogP contribution in [0.5, 0.6) is 0 Å². The van der Waals surface area contributed by atoms with Gasteiger partial charge in [0.25, 0.3) is 11.9 Å². The molecule has 8 heteroatoms. The summed E-state index contributed by atoms with van der Waals surface area (Å²) in [5.74, 6) is -3.12. The molecular formula is C11H22O8. The number of carboxylic acid groups (broad SMARTS) is 4. The molecule has 0 fully saturated rings. The molecule has 0 bridgehead atoms. The maximum Gasteiger partial charge on any atom is 0.303 e. The summed E-state index contributed by atoms with van der Waals surface area (Å²) >= 11 is 0. The number of aliphatic carboxylic acids is 4. The quantitative estimate of drug-likeness (QED) is 0.608. The first kappa shape index (κ1) is 25.7. The Morgan fingerprint density at radius 3 is 0.947 bits per heavy atom. The van der Waals surface area contributed by atoms with E-state index in [0.717, 1.165) is 20.3 Å². The van der Waals surface area contributed by atoms with Crippen molar-refractivity contribution >= 4 is 23.9 Å². The van der Waals surface area contributed by atoms with Crippen LogP contribution in [0.1, 0.15) is 47.0 Å². The molecule has 0 atom stereocenters. The van der Waals surface area contributed by atoms with E-state index in [4.69, 9.17) is 30.0 Å². The number of carboxylic acids is 4. The molecule has 0 unspecified atom stereocenters. The molecule has 0 amide bonds. The third-order valence-electron chi connectivity index (χ3n) is 0.766. The maximum atomic E-state index is 9.60. The van der Waals surface area contributed by atoms with Crippen molar-refractivity contribution in [3.05, 3.63) is 0 Å². The Bertz CT molecular complexity index is 239. The fourth-order valence-corrected chi connectivity index (χ4v) is 0.214. The van der Waals surface area contributed by atoms with E-state index in [-0.39, 0.29) is 6.42 Å². The van der Waals surface area contributed by atoms with E-state index in [0.29, 0.717) is 6.42 Å². The number of hydrogen-bond donors (Lipinski definition) is 4. The zero-order valence-electron chi connectivity index (χ0n) is 11.5. The number of hydrogen-bond acceptors (Lipinski definition) is 4. The summed E-state index contributed by atoms with van der Waals surface area (Å²) in [4.78, 5) is 37.0. The molecule has 4 N–H and O–H groups in total. The lowest BCUT2D eigenvalue weighted by molar-refractivity contribution is -0.137. The number of rotatable bonds is 3. The van der Waals surface area contributed by atoms with Gasteiger partial charge in [0, 0.05) is 26.7 Å². The highest BCUT2D eigenvalue weighted by Gasteiger charge is 1.87. The molecular weight excluding hydrogens is 260 g/mol. The van der Waals surface area contributed by atoms with E-state index >= 15 is 0 Å². The van der Waals surface area contributed by atoms with Crippen LogP contribution in [0.2, 0.25) is 0 Å². The van der Waals surface area contributed by atoms with Gasteiger partial charge in [-0.2, -0.15) is 0 Å². The SMILES string of the molecule is CC(=O)O.CC(=O)O.CCC(=O)O.CCCC(=O)O. The smallest absolute Gasteiger partial charge is 0.303 e. The minimum Gasteiger partial charge on any atom is -0.481 e. The van der Waals surface area contributed by atoms with Gasteiger partial charge in [0.05, 0.1) is 0 Å². The van der Waals surface area contributed by atoms with Gasteiger partial charge in [0.2, 0.25) is 0 Å². The van der Waals surface area contributed by atoms with Gasteiger partial charge in [-0.05, 0) is 6.42 Å². The van der Waals surface area contributed by atoms with Crippen LogP contribution in [-0.4, -0.2) is 44.3 Å². The minimum atomic E-state index is -0.833.